The lowest BCUT2D eigenvalue weighted by Crippen LogP contribution is -2.13. The van der Waals surface area contributed by atoms with Crippen molar-refractivity contribution in [2.75, 3.05) is 24.9 Å². The molecule has 0 unspecified atom stereocenters. The number of methoxy groups -OCH3 is 2. The van der Waals surface area contributed by atoms with E-state index < -0.39 is 0 Å². The zero-order valence-electron chi connectivity index (χ0n) is 16.2. The molecule has 1 heterocycles. The second kappa shape index (κ2) is 8.90. The van der Waals surface area contributed by atoms with Crippen LogP contribution < -0.4 is 20.1 Å². The van der Waals surface area contributed by atoms with Crippen molar-refractivity contribution < 1.29 is 14.3 Å². The molecule has 0 saturated heterocycles. The first-order valence-corrected chi connectivity index (χ1v) is 8.87. The van der Waals surface area contributed by atoms with E-state index in [1.54, 1.807) is 44.7 Å². The predicted molar refractivity (Wildman–Crippen MR) is 110 cm³/mol. The number of pyridine rings is 1. The fourth-order valence-corrected chi connectivity index (χ4v) is 2.69. The fraction of sp³-hybridized carbons (Fsp3) is 0.182. The van der Waals surface area contributed by atoms with Crippen LogP contribution in [0.5, 0.6) is 11.5 Å². The molecule has 28 heavy (non-hydrogen) atoms. The molecule has 0 aliphatic rings. The Morgan fingerprint density at radius 2 is 1.68 bits per heavy atom. The van der Waals surface area contributed by atoms with Gasteiger partial charge in [-0.05, 0) is 30.7 Å². The monoisotopic (exact) mass is 377 g/mol. The highest BCUT2D eigenvalue weighted by Crippen LogP contribution is 2.30. The first kappa shape index (κ1) is 19.2. The Kier molecular flexibility index (Phi) is 6.11. The number of amides is 1. The molecule has 6 heteroatoms. The van der Waals surface area contributed by atoms with E-state index in [-0.39, 0.29) is 5.91 Å². The Balaban J connectivity index is 1.67. The molecule has 144 valence electrons. The van der Waals surface area contributed by atoms with E-state index in [0.29, 0.717) is 29.3 Å². The third-order valence-electron chi connectivity index (χ3n) is 4.26. The summed E-state index contributed by atoms with van der Waals surface area (Å²) in [6.07, 6.45) is 3.23. The van der Waals surface area contributed by atoms with Gasteiger partial charge >= 0.3 is 0 Å². The summed E-state index contributed by atoms with van der Waals surface area (Å²) in [7, 11) is 3.12. The Labute approximate surface area is 164 Å². The number of nitrogens with zero attached hydrogens (tertiary/aromatic N) is 1. The summed E-state index contributed by atoms with van der Waals surface area (Å²) in [5.74, 6) is 0.898. The molecule has 2 aromatic carbocycles. The first-order chi connectivity index (χ1) is 13.6. The summed E-state index contributed by atoms with van der Waals surface area (Å²) < 4.78 is 10.5. The number of carbonyl (C=O) groups is 1. The molecule has 3 aromatic rings. The third kappa shape index (κ3) is 4.79. The zero-order valence-corrected chi connectivity index (χ0v) is 16.2. The van der Waals surface area contributed by atoms with Crippen LogP contribution in [0.4, 0.5) is 11.4 Å². The molecule has 0 bridgehead atoms. The molecule has 6 nitrogen and oxygen atoms in total. The summed E-state index contributed by atoms with van der Waals surface area (Å²) in [6.45, 7) is 2.71. The number of aryl methyl sites for hydroxylation is 1. The van der Waals surface area contributed by atoms with Crippen LogP contribution in [-0.2, 0) is 6.54 Å². The van der Waals surface area contributed by atoms with E-state index in [1.807, 2.05) is 0 Å². The standard InChI is InChI=1S/C22H23N3O3/c1-15-4-6-16(7-5-15)12-24-19-10-17(13-23-14-19)22(26)25-18-8-9-20(27-2)21(11-18)28-3/h4-11,13-14,24H,12H2,1-3H3,(H,25,26). The van der Waals surface area contributed by atoms with Gasteiger partial charge in [-0.3, -0.25) is 9.78 Å². The highest BCUT2D eigenvalue weighted by molar-refractivity contribution is 6.04. The molecular formula is C22H23N3O3. The number of anilines is 2. The maximum Gasteiger partial charge on any atom is 0.257 e. The van der Waals surface area contributed by atoms with E-state index in [4.69, 9.17) is 9.47 Å². The summed E-state index contributed by atoms with van der Waals surface area (Å²) in [6, 6.07) is 15.3. The van der Waals surface area contributed by atoms with E-state index in [2.05, 4.69) is 46.8 Å². The van der Waals surface area contributed by atoms with E-state index in [0.717, 1.165) is 11.3 Å². The molecule has 1 aromatic heterocycles. The predicted octanol–water partition coefficient (Wildman–Crippen LogP) is 4.27. The number of carbonyl (C=O) groups excluding carboxylic acids is 1. The molecule has 0 fully saturated rings. The number of hydrogen-bond donors (Lipinski definition) is 2. The minimum absolute atomic E-state index is 0.251. The largest absolute Gasteiger partial charge is 0.493 e. The van der Waals surface area contributed by atoms with Crippen LogP contribution in [0.1, 0.15) is 21.5 Å². The number of ether oxygens (including phenoxy) is 2. The van der Waals surface area contributed by atoms with Gasteiger partial charge in [0.05, 0.1) is 25.5 Å². The molecule has 3 rings (SSSR count). The summed E-state index contributed by atoms with van der Waals surface area (Å²) in [5, 5.41) is 6.14. The molecule has 0 atom stereocenters. The van der Waals surface area contributed by atoms with Gasteiger partial charge in [-0.15, -0.1) is 0 Å². The lowest BCUT2D eigenvalue weighted by Gasteiger charge is -2.11. The maximum atomic E-state index is 12.6. The van der Waals surface area contributed by atoms with Crippen molar-refractivity contribution in [2.24, 2.45) is 0 Å². The number of benzene rings is 2. The zero-order chi connectivity index (χ0) is 19.9. The van der Waals surface area contributed by atoms with Gasteiger partial charge in [0.2, 0.25) is 0 Å². The normalized spacial score (nSPS) is 10.2. The average Bonchev–Trinajstić information content (AvgIpc) is 2.73. The van der Waals surface area contributed by atoms with Crippen LogP contribution in [0.2, 0.25) is 0 Å². The van der Waals surface area contributed by atoms with Gasteiger partial charge in [0.15, 0.2) is 11.5 Å². The van der Waals surface area contributed by atoms with Crippen LogP contribution in [0.15, 0.2) is 60.9 Å². The third-order valence-corrected chi connectivity index (χ3v) is 4.26. The van der Waals surface area contributed by atoms with Gasteiger partial charge < -0.3 is 20.1 Å². The molecule has 1 amide bonds. The van der Waals surface area contributed by atoms with Crippen molar-refractivity contribution in [2.45, 2.75) is 13.5 Å². The van der Waals surface area contributed by atoms with Crippen molar-refractivity contribution in [3.8, 4) is 11.5 Å². The lowest BCUT2D eigenvalue weighted by molar-refractivity contribution is 0.102. The average molecular weight is 377 g/mol. The van der Waals surface area contributed by atoms with Crippen molar-refractivity contribution in [1.82, 2.24) is 4.98 Å². The second-order valence-corrected chi connectivity index (χ2v) is 6.33. The topological polar surface area (TPSA) is 72.5 Å². The van der Waals surface area contributed by atoms with Crippen molar-refractivity contribution in [1.29, 1.82) is 0 Å². The molecule has 0 spiro atoms. The SMILES string of the molecule is COc1ccc(NC(=O)c2cncc(NCc3ccc(C)cc3)c2)cc1OC. The number of aromatic nitrogens is 1. The van der Waals surface area contributed by atoms with E-state index in [9.17, 15) is 4.79 Å². The van der Waals surface area contributed by atoms with Gasteiger partial charge in [-0.25, -0.2) is 0 Å². The van der Waals surface area contributed by atoms with Crippen molar-refractivity contribution in [3.63, 3.8) is 0 Å². The Morgan fingerprint density at radius 1 is 0.929 bits per heavy atom. The molecule has 0 aliphatic carbocycles. The maximum absolute atomic E-state index is 12.6. The van der Waals surface area contributed by atoms with E-state index in [1.165, 1.54) is 11.8 Å². The van der Waals surface area contributed by atoms with Gasteiger partial charge in [0.25, 0.3) is 5.91 Å². The quantitative estimate of drug-likeness (QED) is 0.643. The van der Waals surface area contributed by atoms with Crippen LogP contribution >= 0.6 is 0 Å². The smallest absolute Gasteiger partial charge is 0.257 e. The highest BCUT2D eigenvalue weighted by Gasteiger charge is 2.10. The molecule has 2 N–H and O–H groups in total. The molecule has 0 aliphatic heterocycles. The van der Waals surface area contributed by atoms with Gasteiger partial charge in [-0.2, -0.15) is 0 Å². The van der Waals surface area contributed by atoms with Gasteiger partial charge in [0.1, 0.15) is 0 Å². The number of hydrogen-bond acceptors (Lipinski definition) is 5. The number of rotatable bonds is 7. The number of nitrogens with one attached hydrogen (secondary N) is 2. The Hall–Kier alpha value is -3.54. The summed E-state index contributed by atoms with van der Waals surface area (Å²) in [4.78, 5) is 16.7. The lowest BCUT2D eigenvalue weighted by atomic mass is 10.1. The second-order valence-electron chi connectivity index (χ2n) is 6.33. The highest BCUT2D eigenvalue weighted by atomic mass is 16.5. The van der Waals surface area contributed by atoms with Crippen LogP contribution in [0.25, 0.3) is 0 Å². The fourth-order valence-electron chi connectivity index (χ4n) is 2.69. The van der Waals surface area contributed by atoms with Crippen molar-refractivity contribution >= 4 is 17.3 Å². The summed E-state index contributed by atoms with van der Waals surface area (Å²) >= 11 is 0. The van der Waals surface area contributed by atoms with Gasteiger partial charge in [0, 0.05) is 30.7 Å². The van der Waals surface area contributed by atoms with Crippen LogP contribution in [-0.4, -0.2) is 25.1 Å². The van der Waals surface area contributed by atoms with Gasteiger partial charge in [-0.1, -0.05) is 29.8 Å². The Morgan fingerprint density at radius 3 is 2.39 bits per heavy atom. The van der Waals surface area contributed by atoms with E-state index >= 15 is 0 Å². The first-order valence-electron chi connectivity index (χ1n) is 8.87. The van der Waals surface area contributed by atoms with Crippen molar-refractivity contribution in [3.05, 3.63) is 77.6 Å². The molecular weight excluding hydrogens is 354 g/mol. The molecule has 0 radical (unpaired) electrons. The minimum atomic E-state index is -0.251. The minimum Gasteiger partial charge on any atom is -0.493 e. The Bertz CT molecular complexity index is 955. The van der Waals surface area contributed by atoms with Crippen LogP contribution in [0.3, 0.4) is 0 Å². The molecule has 0 saturated carbocycles. The van der Waals surface area contributed by atoms with Crippen LogP contribution in [0, 0.1) is 6.92 Å². The summed E-state index contributed by atoms with van der Waals surface area (Å²) in [5.41, 5.74) is 4.23.